The van der Waals surface area contributed by atoms with Crippen molar-refractivity contribution in [1.29, 1.82) is 5.26 Å². The van der Waals surface area contributed by atoms with Gasteiger partial charge in [0.2, 0.25) is 0 Å². The standard InChI is InChI=1S/C4H5Br2NO2S/c1-3(10(8)9)4(5,6)2-7/h3H,1H3,(H,8,9). The number of rotatable bonds is 2. The highest BCUT2D eigenvalue weighted by atomic mass is 79.9. The molecular weight excluding hydrogens is 286 g/mol. The molecule has 0 bridgehead atoms. The maximum Gasteiger partial charge on any atom is 0.182 e. The topological polar surface area (TPSA) is 61.1 Å². The van der Waals surface area contributed by atoms with Crippen LogP contribution >= 0.6 is 31.9 Å². The van der Waals surface area contributed by atoms with E-state index in [2.05, 4.69) is 31.9 Å². The maximum atomic E-state index is 10.4. The molecule has 0 heterocycles. The SMILES string of the molecule is CC(S(=O)O)C(Br)(Br)C#N. The van der Waals surface area contributed by atoms with Crippen LogP contribution in [0.25, 0.3) is 0 Å². The Balaban J connectivity index is 4.37. The number of nitrogens with zero attached hydrogens (tertiary/aromatic N) is 1. The van der Waals surface area contributed by atoms with E-state index in [-0.39, 0.29) is 0 Å². The first-order chi connectivity index (χ1) is 4.41. The van der Waals surface area contributed by atoms with E-state index in [0.717, 1.165) is 0 Å². The molecule has 10 heavy (non-hydrogen) atoms. The molecular formula is C4H5Br2NO2S. The fraction of sp³-hybridized carbons (Fsp3) is 0.750. The third kappa shape index (κ3) is 2.66. The molecule has 0 fully saturated rings. The monoisotopic (exact) mass is 289 g/mol. The average molecular weight is 291 g/mol. The normalized spacial score (nSPS) is 17.5. The van der Waals surface area contributed by atoms with Crippen LogP contribution in [-0.2, 0) is 11.1 Å². The molecule has 0 spiro atoms. The average Bonchev–Trinajstić information content (AvgIpc) is 1.86. The van der Waals surface area contributed by atoms with Crippen LogP contribution in [0.15, 0.2) is 0 Å². The lowest BCUT2D eigenvalue weighted by Gasteiger charge is -2.15. The lowest BCUT2D eigenvalue weighted by molar-refractivity contribution is 0.551. The van der Waals surface area contributed by atoms with Gasteiger partial charge < -0.3 is 4.55 Å². The Morgan fingerprint density at radius 1 is 1.80 bits per heavy atom. The minimum absolute atomic E-state index is 0.669. The minimum Gasteiger partial charge on any atom is -0.306 e. The maximum absolute atomic E-state index is 10.4. The van der Waals surface area contributed by atoms with Crippen molar-refractivity contribution in [2.24, 2.45) is 0 Å². The number of nitriles is 1. The van der Waals surface area contributed by atoms with Gasteiger partial charge in [-0.1, -0.05) is 31.9 Å². The van der Waals surface area contributed by atoms with E-state index in [1.165, 1.54) is 6.92 Å². The summed E-state index contributed by atoms with van der Waals surface area (Å²) in [6.07, 6.45) is 0. The summed E-state index contributed by atoms with van der Waals surface area (Å²) in [5.41, 5.74) is 0. The van der Waals surface area contributed by atoms with Gasteiger partial charge in [-0.05, 0) is 6.92 Å². The molecule has 0 aromatic carbocycles. The zero-order valence-electron chi connectivity index (χ0n) is 5.04. The molecule has 0 amide bonds. The molecule has 3 nitrogen and oxygen atoms in total. The molecule has 0 radical (unpaired) electrons. The molecule has 0 aliphatic carbocycles. The summed E-state index contributed by atoms with van der Waals surface area (Å²) in [5.74, 6) is 0. The molecule has 6 heteroatoms. The van der Waals surface area contributed by atoms with E-state index >= 15 is 0 Å². The first-order valence-corrected chi connectivity index (χ1v) is 5.06. The van der Waals surface area contributed by atoms with E-state index < -0.39 is 19.6 Å². The Labute approximate surface area is 78.3 Å². The van der Waals surface area contributed by atoms with Gasteiger partial charge in [0.1, 0.15) is 0 Å². The fourth-order valence-electron chi connectivity index (χ4n) is 0.218. The Morgan fingerprint density at radius 2 is 2.20 bits per heavy atom. The molecule has 0 saturated heterocycles. The summed E-state index contributed by atoms with van der Waals surface area (Å²) < 4.78 is 17.9. The van der Waals surface area contributed by atoms with Gasteiger partial charge in [-0.25, -0.2) is 4.21 Å². The van der Waals surface area contributed by atoms with Crippen LogP contribution < -0.4 is 0 Å². The third-order valence-electron chi connectivity index (χ3n) is 0.962. The Kier molecular flexibility index (Phi) is 4.02. The second-order valence-electron chi connectivity index (χ2n) is 1.65. The van der Waals surface area contributed by atoms with Gasteiger partial charge >= 0.3 is 0 Å². The molecule has 0 aromatic rings. The molecule has 0 aromatic heterocycles. The van der Waals surface area contributed by atoms with Crippen molar-refractivity contribution in [3.05, 3.63) is 0 Å². The molecule has 0 rings (SSSR count). The summed E-state index contributed by atoms with van der Waals surface area (Å²) in [5, 5.41) is 7.76. The zero-order valence-corrected chi connectivity index (χ0v) is 9.03. The lowest BCUT2D eigenvalue weighted by Crippen LogP contribution is -2.29. The smallest absolute Gasteiger partial charge is 0.182 e. The number of hydrogen-bond acceptors (Lipinski definition) is 2. The predicted molar refractivity (Wildman–Crippen MR) is 46.4 cm³/mol. The summed E-state index contributed by atoms with van der Waals surface area (Å²) in [7, 11) is 0. The van der Waals surface area contributed by atoms with Gasteiger partial charge in [0.05, 0.1) is 11.3 Å². The largest absolute Gasteiger partial charge is 0.306 e. The molecule has 1 N–H and O–H groups in total. The van der Waals surface area contributed by atoms with Crippen LogP contribution in [0.2, 0.25) is 0 Å². The van der Waals surface area contributed by atoms with Crippen molar-refractivity contribution in [3.63, 3.8) is 0 Å². The van der Waals surface area contributed by atoms with E-state index in [4.69, 9.17) is 9.81 Å². The Hall–Kier alpha value is 0.560. The van der Waals surface area contributed by atoms with E-state index in [0.29, 0.717) is 0 Å². The Bertz CT molecular complexity index is 188. The van der Waals surface area contributed by atoms with Crippen molar-refractivity contribution in [1.82, 2.24) is 0 Å². The van der Waals surface area contributed by atoms with E-state index in [1.54, 1.807) is 6.07 Å². The fourth-order valence-corrected chi connectivity index (χ4v) is 1.48. The predicted octanol–water partition coefficient (Wildman–Crippen LogP) is 1.61. The first-order valence-electron chi connectivity index (χ1n) is 2.30. The van der Waals surface area contributed by atoms with Crippen LogP contribution in [0, 0.1) is 11.3 Å². The van der Waals surface area contributed by atoms with Gasteiger partial charge in [0, 0.05) is 0 Å². The summed E-state index contributed by atoms with van der Waals surface area (Å²) in [6, 6.07) is 1.80. The highest BCUT2D eigenvalue weighted by molar-refractivity contribution is 9.25. The van der Waals surface area contributed by atoms with Crippen LogP contribution in [0.1, 0.15) is 6.92 Å². The van der Waals surface area contributed by atoms with Crippen molar-refractivity contribution >= 4 is 42.9 Å². The molecule has 0 aliphatic heterocycles. The second kappa shape index (κ2) is 3.81. The van der Waals surface area contributed by atoms with Gasteiger partial charge in [-0.15, -0.1) is 0 Å². The molecule has 2 unspecified atom stereocenters. The minimum atomic E-state index is -2.00. The molecule has 0 saturated carbocycles. The molecule has 0 aliphatic rings. The van der Waals surface area contributed by atoms with Crippen molar-refractivity contribution in [2.45, 2.75) is 15.4 Å². The first kappa shape index (κ1) is 10.6. The summed E-state index contributed by atoms with van der Waals surface area (Å²) >= 11 is 3.90. The highest BCUT2D eigenvalue weighted by Crippen LogP contribution is 2.31. The number of alkyl halides is 2. The van der Waals surface area contributed by atoms with Gasteiger partial charge in [-0.2, -0.15) is 5.26 Å². The second-order valence-corrected chi connectivity index (χ2v) is 6.48. The highest BCUT2D eigenvalue weighted by Gasteiger charge is 2.34. The van der Waals surface area contributed by atoms with Crippen molar-refractivity contribution in [2.75, 3.05) is 0 Å². The zero-order chi connectivity index (χ0) is 8.36. The molecule has 2 atom stereocenters. The Morgan fingerprint density at radius 3 is 2.30 bits per heavy atom. The lowest BCUT2D eigenvalue weighted by atomic mass is 10.4. The number of hydrogen-bond donors (Lipinski definition) is 1. The molecule has 58 valence electrons. The van der Waals surface area contributed by atoms with Gasteiger partial charge in [0.25, 0.3) is 0 Å². The van der Waals surface area contributed by atoms with Crippen LogP contribution in [0.4, 0.5) is 0 Å². The quantitative estimate of drug-likeness (QED) is 0.621. The van der Waals surface area contributed by atoms with Crippen LogP contribution in [0.5, 0.6) is 0 Å². The van der Waals surface area contributed by atoms with Crippen LogP contribution in [0.3, 0.4) is 0 Å². The number of halogens is 2. The van der Waals surface area contributed by atoms with Gasteiger partial charge in [0.15, 0.2) is 14.3 Å². The van der Waals surface area contributed by atoms with E-state index in [9.17, 15) is 4.21 Å². The van der Waals surface area contributed by atoms with Gasteiger partial charge in [-0.3, -0.25) is 0 Å². The summed E-state index contributed by atoms with van der Waals surface area (Å²) in [6.45, 7) is 1.49. The van der Waals surface area contributed by atoms with Crippen molar-refractivity contribution < 1.29 is 8.76 Å². The third-order valence-corrected chi connectivity index (χ3v) is 4.25. The van der Waals surface area contributed by atoms with Crippen LogP contribution in [-0.4, -0.2) is 17.2 Å². The van der Waals surface area contributed by atoms with E-state index in [1.807, 2.05) is 0 Å². The summed E-state index contributed by atoms with van der Waals surface area (Å²) in [4.78, 5) is 0. The van der Waals surface area contributed by atoms with Crippen molar-refractivity contribution in [3.8, 4) is 6.07 Å².